The molecular formula is C16H21FN2O2. The number of piperazine rings is 1. The van der Waals surface area contributed by atoms with E-state index in [0.717, 1.165) is 19.5 Å². The number of amides is 1. The fourth-order valence-corrected chi connectivity index (χ4v) is 3.16. The van der Waals surface area contributed by atoms with Gasteiger partial charge in [-0.05, 0) is 24.0 Å². The van der Waals surface area contributed by atoms with Crippen LogP contribution < -0.4 is 0 Å². The normalized spacial score (nSPS) is 25.9. The Morgan fingerprint density at radius 3 is 2.62 bits per heavy atom. The molecule has 1 saturated carbocycles. The largest absolute Gasteiger partial charge is 0.395 e. The van der Waals surface area contributed by atoms with Crippen molar-refractivity contribution in [2.75, 3.05) is 39.3 Å². The molecule has 1 aromatic carbocycles. The number of carbonyl (C=O) groups is 1. The molecular weight excluding hydrogens is 271 g/mol. The number of β-amino-alcohol motifs (C(OH)–C–C–N with tert-alkyl or cyclic N) is 1. The van der Waals surface area contributed by atoms with Gasteiger partial charge in [-0.2, -0.15) is 0 Å². The van der Waals surface area contributed by atoms with Crippen LogP contribution in [-0.2, 0) is 4.79 Å². The highest BCUT2D eigenvalue weighted by Gasteiger charge is 2.47. The second kappa shape index (κ2) is 6.12. The zero-order valence-corrected chi connectivity index (χ0v) is 12.0. The molecule has 1 aliphatic carbocycles. The van der Waals surface area contributed by atoms with Crippen LogP contribution in [0.3, 0.4) is 0 Å². The lowest BCUT2D eigenvalue weighted by Crippen LogP contribution is -2.49. The maximum atomic E-state index is 13.7. The van der Waals surface area contributed by atoms with Crippen molar-refractivity contribution in [3.63, 3.8) is 0 Å². The Morgan fingerprint density at radius 2 is 1.95 bits per heavy atom. The summed E-state index contributed by atoms with van der Waals surface area (Å²) in [6, 6.07) is 6.75. The molecule has 1 aromatic rings. The molecule has 0 radical (unpaired) electrons. The van der Waals surface area contributed by atoms with Gasteiger partial charge in [0.1, 0.15) is 5.82 Å². The first-order valence-corrected chi connectivity index (χ1v) is 7.57. The number of rotatable bonds is 4. The van der Waals surface area contributed by atoms with Gasteiger partial charge in [0, 0.05) is 38.6 Å². The minimum Gasteiger partial charge on any atom is -0.395 e. The van der Waals surface area contributed by atoms with E-state index < -0.39 is 0 Å². The third-order valence-corrected chi connectivity index (χ3v) is 4.51. The van der Waals surface area contributed by atoms with E-state index >= 15 is 0 Å². The summed E-state index contributed by atoms with van der Waals surface area (Å²) in [6.45, 7) is 3.86. The maximum absolute atomic E-state index is 13.7. The molecule has 3 rings (SSSR count). The predicted molar refractivity (Wildman–Crippen MR) is 77.4 cm³/mol. The highest BCUT2D eigenvalue weighted by molar-refractivity contribution is 5.83. The number of hydrogen-bond donors (Lipinski definition) is 1. The summed E-state index contributed by atoms with van der Waals surface area (Å²) in [5, 5.41) is 8.92. The first-order valence-electron chi connectivity index (χ1n) is 7.57. The van der Waals surface area contributed by atoms with Gasteiger partial charge in [0.05, 0.1) is 6.61 Å². The molecule has 0 spiro atoms. The molecule has 0 aromatic heterocycles. The predicted octanol–water partition coefficient (Wildman–Crippen LogP) is 1.07. The second-order valence-electron chi connectivity index (χ2n) is 5.86. The van der Waals surface area contributed by atoms with Gasteiger partial charge in [-0.15, -0.1) is 0 Å². The SMILES string of the molecule is O=C([C@@H]1C[C@H]1c1ccccc1F)N1CCN(CCO)CC1. The zero-order chi connectivity index (χ0) is 14.8. The summed E-state index contributed by atoms with van der Waals surface area (Å²) in [5.74, 6) is -0.0436. The minimum absolute atomic E-state index is 0.0497. The van der Waals surface area contributed by atoms with Crippen LogP contribution in [0.1, 0.15) is 17.9 Å². The lowest BCUT2D eigenvalue weighted by molar-refractivity contribution is -0.134. The van der Waals surface area contributed by atoms with Gasteiger partial charge in [-0.1, -0.05) is 18.2 Å². The number of halogens is 1. The van der Waals surface area contributed by atoms with Gasteiger partial charge >= 0.3 is 0 Å². The monoisotopic (exact) mass is 292 g/mol. The lowest BCUT2D eigenvalue weighted by atomic mass is 10.1. The molecule has 2 atom stereocenters. The van der Waals surface area contributed by atoms with E-state index in [-0.39, 0.29) is 30.2 Å². The molecule has 1 aliphatic heterocycles. The smallest absolute Gasteiger partial charge is 0.226 e. The fourth-order valence-electron chi connectivity index (χ4n) is 3.16. The summed E-state index contributed by atoms with van der Waals surface area (Å²) in [6.07, 6.45) is 0.761. The Kier molecular flexibility index (Phi) is 4.22. The van der Waals surface area contributed by atoms with E-state index in [1.54, 1.807) is 12.1 Å². The van der Waals surface area contributed by atoms with Crippen LogP contribution in [-0.4, -0.2) is 60.1 Å². The van der Waals surface area contributed by atoms with E-state index in [1.807, 2.05) is 11.0 Å². The summed E-state index contributed by atoms with van der Waals surface area (Å²) in [5.41, 5.74) is 0.676. The Morgan fingerprint density at radius 1 is 1.24 bits per heavy atom. The average Bonchev–Trinajstić information content (AvgIpc) is 3.28. The van der Waals surface area contributed by atoms with E-state index in [1.165, 1.54) is 6.07 Å². The van der Waals surface area contributed by atoms with Crippen molar-refractivity contribution in [2.24, 2.45) is 5.92 Å². The summed E-state index contributed by atoms with van der Waals surface area (Å²) < 4.78 is 13.7. The van der Waals surface area contributed by atoms with Crippen molar-refractivity contribution in [3.8, 4) is 0 Å². The third-order valence-electron chi connectivity index (χ3n) is 4.51. The lowest BCUT2D eigenvalue weighted by Gasteiger charge is -2.34. The Balaban J connectivity index is 1.55. The quantitative estimate of drug-likeness (QED) is 0.902. The number of carbonyl (C=O) groups excluding carboxylic acids is 1. The Bertz CT molecular complexity index is 515. The van der Waals surface area contributed by atoms with Crippen molar-refractivity contribution in [2.45, 2.75) is 12.3 Å². The van der Waals surface area contributed by atoms with Crippen molar-refractivity contribution in [1.82, 2.24) is 9.80 Å². The molecule has 1 heterocycles. The summed E-state index contributed by atoms with van der Waals surface area (Å²) >= 11 is 0. The van der Waals surface area contributed by atoms with E-state index in [2.05, 4.69) is 4.90 Å². The minimum atomic E-state index is -0.203. The standard InChI is InChI=1S/C16H21FN2O2/c17-15-4-2-1-3-12(15)13-11-14(13)16(21)19-7-5-18(6-8-19)9-10-20/h1-4,13-14,20H,5-11H2/t13-,14+/m0/s1. The van der Waals surface area contributed by atoms with E-state index in [9.17, 15) is 9.18 Å². The molecule has 2 fully saturated rings. The van der Waals surface area contributed by atoms with Gasteiger partial charge in [0.15, 0.2) is 0 Å². The fraction of sp³-hybridized carbons (Fsp3) is 0.562. The molecule has 1 N–H and O–H groups in total. The molecule has 2 aliphatic rings. The van der Waals surface area contributed by atoms with Crippen molar-refractivity contribution in [1.29, 1.82) is 0 Å². The zero-order valence-electron chi connectivity index (χ0n) is 12.0. The first-order chi connectivity index (χ1) is 10.2. The van der Waals surface area contributed by atoms with Crippen LogP contribution in [0.2, 0.25) is 0 Å². The Hall–Kier alpha value is -1.46. The average molecular weight is 292 g/mol. The molecule has 0 unspecified atom stereocenters. The number of hydrogen-bond acceptors (Lipinski definition) is 3. The topological polar surface area (TPSA) is 43.8 Å². The van der Waals surface area contributed by atoms with Gasteiger partial charge in [-0.3, -0.25) is 9.69 Å². The van der Waals surface area contributed by atoms with Crippen LogP contribution in [0.5, 0.6) is 0 Å². The van der Waals surface area contributed by atoms with Gasteiger partial charge in [0.2, 0.25) is 5.91 Å². The molecule has 0 bridgehead atoms. The van der Waals surface area contributed by atoms with Gasteiger partial charge in [-0.25, -0.2) is 4.39 Å². The van der Waals surface area contributed by atoms with Crippen molar-refractivity contribution < 1.29 is 14.3 Å². The number of aliphatic hydroxyl groups is 1. The van der Waals surface area contributed by atoms with Crippen LogP contribution in [0.25, 0.3) is 0 Å². The first kappa shape index (κ1) is 14.5. The van der Waals surface area contributed by atoms with Crippen LogP contribution in [0.4, 0.5) is 4.39 Å². The molecule has 5 heteroatoms. The summed E-state index contributed by atoms with van der Waals surface area (Å²) in [7, 11) is 0. The molecule has 1 amide bonds. The number of benzene rings is 1. The number of nitrogens with zero attached hydrogens (tertiary/aromatic N) is 2. The third kappa shape index (κ3) is 3.09. The molecule has 114 valence electrons. The molecule has 21 heavy (non-hydrogen) atoms. The second-order valence-corrected chi connectivity index (χ2v) is 5.86. The van der Waals surface area contributed by atoms with Crippen LogP contribution in [0.15, 0.2) is 24.3 Å². The highest BCUT2D eigenvalue weighted by atomic mass is 19.1. The van der Waals surface area contributed by atoms with E-state index in [0.29, 0.717) is 25.2 Å². The molecule has 4 nitrogen and oxygen atoms in total. The van der Waals surface area contributed by atoms with Crippen LogP contribution >= 0.6 is 0 Å². The summed E-state index contributed by atoms with van der Waals surface area (Å²) in [4.78, 5) is 16.5. The highest BCUT2D eigenvalue weighted by Crippen LogP contribution is 2.49. The van der Waals surface area contributed by atoms with Gasteiger partial charge < -0.3 is 10.0 Å². The molecule has 1 saturated heterocycles. The van der Waals surface area contributed by atoms with Crippen LogP contribution in [0, 0.1) is 11.7 Å². The van der Waals surface area contributed by atoms with Crippen molar-refractivity contribution in [3.05, 3.63) is 35.6 Å². The number of aliphatic hydroxyl groups excluding tert-OH is 1. The van der Waals surface area contributed by atoms with E-state index in [4.69, 9.17) is 5.11 Å². The maximum Gasteiger partial charge on any atom is 0.226 e. The Labute approximate surface area is 124 Å². The van der Waals surface area contributed by atoms with Crippen molar-refractivity contribution >= 4 is 5.91 Å². The van der Waals surface area contributed by atoms with Gasteiger partial charge in [0.25, 0.3) is 0 Å².